The molecule has 0 saturated heterocycles. The van der Waals surface area contributed by atoms with Crippen molar-refractivity contribution in [2.75, 3.05) is 13.2 Å². The summed E-state index contributed by atoms with van der Waals surface area (Å²) in [5.74, 6) is -0.726. The Kier molecular flexibility index (Phi) is 7.28. The molecular formula is C16H21IO5. The van der Waals surface area contributed by atoms with E-state index in [9.17, 15) is 14.7 Å². The van der Waals surface area contributed by atoms with E-state index in [0.29, 0.717) is 11.1 Å². The van der Waals surface area contributed by atoms with E-state index in [4.69, 9.17) is 9.47 Å². The van der Waals surface area contributed by atoms with Crippen molar-refractivity contribution >= 4 is 34.5 Å². The van der Waals surface area contributed by atoms with Crippen molar-refractivity contribution in [1.29, 1.82) is 0 Å². The van der Waals surface area contributed by atoms with Gasteiger partial charge in [0.15, 0.2) is 0 Å². The lowest BCUT2D eigenvalue weighted by Gasteiger charge is -2.24. The summed E-state index contributed by atoms with van der Waals surface area (Å²) >= 11 is 2.07. The van der Waals surface area contributed by atoms with E-state index in [1.165, 1.54) is 0 Å². The van der Waals surface area contributed by atoms with Crippen molar-refractivity contribution in [2.45, 2.75) is 30.8 Å². The predicted molar refractivity (Wildman–Crippen MR) is 90.9 cm³/mol. The molecule has 0 saturated carbocycles. The van der Waals surface area contributed by atoms with Gasteiger partial charge in [-0.05, 0) is 24.5 Å². The van der Waals surface area contributed by atoms with Gasteiger partial charge in [-0.3, -0.25) is 4.79 Å². The Morgan fingerprint density at radius 1 is 1.23 bits per heavy atom. The highest BCUT2D eigenvalue weighted by atomic mass is 127. The average Bonchev–Trinajstić information content (AvgIpc) is 2.50. The molecular weight excluding hydrogens is 399 g/mol. The number of hydrogen-bond donors (Lipinski definition) is 1. The zero-order chi connectivity index (χ0) is 16.8. The molecule has 1 N–H and O–H groups in total. The third-order valence-corrected chi connectivity index (χ3v) is 5.13. The molecule has 0 heterocycles. The number of rotatable bonds is 7. The zero-order valence-corrected chi connectivity index (χ0v) is 15.1. The molecule has 0 aliphatic carbocycles. The molecule has 5 nitrogen and oxygen atoms in total. The highest BCUT2D eigenvalue weighted by Gasteiger charge is 2.35. The Bertz CT molecular complexity index is 525. The van der Waals surface area contributed by atoms with Crippen LogP contribution in [0.4, 0.5) is 0 Å². The normalized spacial score (nSPS) is 13.5. The quantitative estimate of drug-likeness (QED) is 0.318. The van der Waals surface area contributed by atoms with Gasteiger partial charge in [-0.2, -0.15) is 0 Å². The van der Waals surface area contributed by atoms with Gasteiger partial charge in [-0.1, -0.05) is 54.6 Å². The maximum atomic E-state index is 11.9. The van der Waals surface area contributed by atoms with Gasteiger partial charge in [-0.25, -0.2) is 4.79 Å². The molecule has 0 bridgehead atoms. The van der Waals surface area contributed by atoms with Gasteiger partial charge in [0.1, 0.15) is 16.6 Å². The standard InChI is InChI=1S/C16H21IO5/c1-11(2)16(3,17)15(20)22-9-8-21-14(19)13-7-5-4-6-12(13)10-18/h4-7,11,18H,8-10H2,1-3H3. The fourth-order valence-corrected chi connectivity index (χ4v) is 1.74. The lowest BCUT2D eigenvalue weighted by atomic mass is 9.98. The molecule has 1 atom stereocenters. The molecule has 0 fully saturated rings. The van der Waals surface area contributed by atoms with Crippen LogP contribution < -0.4 is 0 Å². The summed E-state index contributed by atoms with van der Waals surface area (Å²) in [5.41, 5.74) is 0.821. The van der Waals surface area contributed by atoms with Crippen LogP contribution in [0.5, 0.6) is 0 Å². The number of aliphatic hydroxyl groups is 1. The van der Waals surface area contributed by atoms with E-state index in [-0.39, 0.29) is 31.7 Å². The second-order valence-corrected chi connectivity index (χ2v) is 7.56. The molecule has 0 radical (unpaired) electrons. The van der Waals surface area contributed by atoms with Crippen LogP contribution in [0.3, 0.4) is 0 Å². The first kappa shape index (κ1) is 18.9. The van der Waals surface area contributed by atoms with Crippen molar-refractivity contribution in [2.24, 2.45) is 5.92 Å². The number of ether oxygens (including phenoxy) is 2. The minimum Gasteiger partial charge on any atom is -0.461 e. The molecule has 22 heavy (non-hydrogen) atoms. The van der Waals surface area contributed by atoms with Crippen molar-refractivity contribution in [3.8, 4) is 0 Å². The monoisotopic (exact) mass is 420 g/mol. The molecule has 122 valence electrons. The van der Waals surface area contributed by atoms with Crippen molar-refractivity contribution < 1.29 is 24.2 Å². The number of aliphatic hydroxyl groups excluding tert-OH is 1. The number of carbonyl (C=O) groups excluding carboxylic acids is 2. The lowest BCUT2D eigenvalue weighted by Crippen LogP contribution is -2.36. The number of carbonyl (C=O) groups is 2. The van der Waals surface area contributed by atoms with Crippen LogP contribution >= 0.6 is 22.6 Å². The number of alkyl halides is 1. The van der Waals surface area contributed by atoms with Crippen LogP contribution in [0.15, 0.2) is 24.3 Å². The zero-order valence-electron chi connectivity index (χ0n) is 13.0. The Hall–Kier alpha value is -1.15. The molecule has 0 aliphatic rings. The van der Waals surface area contributed by atoms with Gasteiger partial charge in [0.25, 0.3) is 0 Å². The van der Waals surface area contributed by atoms with E-state index in [1.54, 1.807) is 24.3 Å². The van der Waals surface area contributed by atoms with E-state index >= 15 is 0 Å². The first-order chi connectivity index (χ1) is 10.3. The van der Waals surface area contributed by atoms with Gasteiger partial charge < -0.3 is 14.6 Å². The van der Waals surface area contributed by atoms with Gasteiger partial charge in [0.2, 0.25) is 0 Å². The summed E-state index contributed by atoms with van der Waals surface area (Å²) in [5, 5.41) is 9.18. The Balaban J connectivity index is 2.45. The molecule has 1 unspecified atom stereocenters. The van der Waals surface area contributed by atoms with E-state index in [0.717, 1.165) is 0 Å². The first-order valence-corrected chi connectivity index (χ1v) is 8.10. The molecule has 1 aromatic carbocycles. The Morgan fingerprint density at radius 2 is 1.82 bits per heavy atom. The maximum Gasteiger partial charge on any atom is 0.338 e. The number of hydrogen-bond acceptors (Lipinski definition) is 5. The van der Waals surface area contributed by atoms with Crippen LogP contribution in [0.25, 0.3) is 0 Å². The topological polar surface area (TPSA) is 72.8 Å². The SMILES string of the molecule is CC(C)C(C)(I)C(=O)OCCOC(=O)c1ccccc1CO. The van der Waals surface area contributed by atoms with Crippen LogP contribution in [0.1, 0.15) is 36.7 Å². The van der Waals surface area contributed by atoms with Crippen molar-refractivity contribution in [1.82, 2.24) is 0 Å². The maximum absolute atomic E-state index is 11.9. The van der Waals surface area contributed by atoms with Gasteiger partial charge in [-0.15, -0.1) is 0 Å². The Labute approximate surface area is 144 Å². The highest BCUT2D eigenvalue weighted by Crippen LogP contribution is 2.29. The fourth-order valence-electron chi connectivity index (χ4n) is 1.58. The third kappa shape index (κ3) is 4.95. The highest BCUT2D eigenvalue weighted by molar-refractivity contribution is 14.1. The predicted octanol–water partition coefficient (Wildman–Crippen LogP) is 2.73. The van der Waals surface area contributed by atoms with Gasteiger partial charge in [0, 0.05) is 0 Å². The van der Waals surface area contributed by atoms with Crippen molar-refractivity contribution in [3.63, 3.8) is 0 Å². The number of benzene rings is 1. The summed E-state index contributed by atoms with van der Waals surface area (Å²) in [7, 11) is 0. The molecule has 1 aromatic rings. The molecule has 0 aromatic heterocycles. The van der Waals surface area contributed by atoms with E-state index < -0.39 is 9.39 Å². The second kappa shape index (κ2) is 8.47. The molecule has 0 spiro atoms. The molecule has 0 aliphatic heterocycles. The summed E-state index contributed by atoms with van der Waals surface area (Å²) in [6.45, 7) is 5.46. The second-order valence-electron chi connectivity index (χ2n) is 5.32. The Morgan fingerprint density at radius 3 is 2.41 bits per heavy atom. The summed E-state index contributed by atoms with van der Waals surface area (Å²) in [6.07, 6.45) is 0. The van der Waals surface area contributed by atoms with Crippen molar-refractivity contribution in [3.05, 3.63) is 35.4 Å². The smallest absolute Gasteiger partial charge is 0.338 e. The van der Waals surface area contributed by atoms with Gasteiger partial charge >= 0.3 is 11.9 Å². The average molecular weight is 420 g/mol. The van der Waals surface area contributed by atoms with Crippen LogP contribution in [0.2, 0.25) is 0 Å². The van der Waals surface area contributed by atoms with E-state index in [1.807, 2.05) is 20.8 Å². The van der Waals surface area contributed by atoms with Crippen LogP contribution in [-0.4, -0.2) is 33.7 Å². The van der Waals surface area contributed by atoms with Gasteiger partial charge in [0.05, 0.1) is 12.2 Å². The first-order valence-electron chi connectivity index (χ1n) is 7.02. The molecule has 6 heteroatoms. The largest absolute Gasteiger partial charge is 0.461 e. The molecule has 1 rings (SSSR count). The van der Waals surface area contributed by atoms with Crippen LogP contribution in [-0.2, 0) is 20.9 Å². The number of esters is 2. The number of halogens is 1. The minimum atomic E-state index is -0.606. The third-order valence-electron chi connectivity index (χ3n) is 3.44. The van der Waals surface area contributed by atoms with Crippen LogP contribution in [0, 0.1) is 5.92 Å². The summed E-state index contributed by atoms with van der Waals surface area (Å²) in [6, 6.07) is 6.67. The summed E-state index contributed by atoms with van der Waals surface area (Å²) in [4.78, 5) is 23.8. The fraction of sp³-hybridized carbons (Fsp3) is 0.500. The molecule has 0 amide bonds. The summed E-state index contributed by atoms with van der Waals surface area (Å²) < 4.78 is 9.60. The lowest BCUT2D eigenvalue weighted by molar-refractivity contribution is -0.147. The minimum absolute atomic E-state index is 0.0111. The van der Waals surface area contributed by atoms with E-state index in [2.05, 4.69) is 22.6 Å².